The van der Waals surface area contributed by atoms with Crippen molar-refractivity contribution in [1.29, 1.82) is 0 Å². The molecule has 2 N–H and O–H groups in total. The maximum atomic E-state index is 13.0. The summed E-state index contributed by atoms with van der Waals surface area (Å²) in [6.45, 7) is 0. The molecule has 0 radical (unpaired) electrons. The summed E-state index contributed by atoms with van der Waals surface area (Å²) < 4.78 is 11.9. The Morgan fingerprint density at radius 2 is 1.85 bits per heavy atom. The predicted octanol–water partition coefficient (Wildman–Crippen LogP) is 4.55. The molecule has 0 bridgehead atoms. The first-order valence-electron chi connectivity index (χ1n) is 10.1. The Kier molecular flexibility index (Phi) is 5.54. The van der Waals surface area contributed by atoms with E-state index in [1.807, 2.05) is 54.6 Å². The molecular formula is C24H19N5O3S. The Bertz CT molecular complexity index is 1430. The van der Waals surface area contributed by atoms with E-state index in [0.29, 0.717) is 33.8 Å². The highest BCUT2D eigenvalue weighted by molar-refractivity contribution is 7.98. The molecule has 0 aliphatic rings. The summed E-state index contributed by atoms with van der Waals surface area (Å²) in [6.07, 6.45) is 1.55. The number of ether oxygens (including phenoxy) is 1. The van der Waals surface area contributed by atoms with Crippen molar-refractivity contribution in [3.05, 3.63) is 84.3 Å². The van der Waals surface area contributed by atoms with E-state index < -0.39 is 5.97 Å². The van der Waals surface area contributed by atoms with E-state index >= 15 is 0 Å². The molecule has 164 valence electrons. The van der Waals surface area contributed by atoms with E-state index in [0.717, 1.165) is 22.0 Å². The Balaban J connectivity index is 1.61. The molecule has 0 amide bonds. The third-order valence-electron chi connectivity index (χ3n) is 5.16. The number of hydrogen-bond acceptors (Lipinski definition) is 8. The summed E-state index contributed by atoms with van der Waals surface area (Å²) in [6, 6.07) is 21.0. The average molecular weight is 458 g/mol. The molecule has 0 saturated carbocycles. The minimum atomic E-state index is -0.451. The number of rotatable bonds is 6. The van der Waals surface area contributed by atoms with Crippen LogP contribution >= 0.6 is 11.8 Å². The molecule has 0 aliphatic heterocycles. The van der Waals surface area contributed by atoms with Gasteiger partial charge < -0.3 is 15.0 Å². The fourth-order valence-electron chi connectivity index (χ4n) is 3.68. The van der Waals surface area contributed by atoms with Gasteiger partial charge in [-0.1, -0.05) is 60.3 Å². The summed E-state index contributed by atoms with van der Waals surface area (Å²) in [4.78, 5) is 17.8. The van der Waals surface area contributed by atoms with Crippen LogP contribution in [-0.2, 0) is 10.5 Å². The summed E-state index contributed by atoms with van der Waals surface area (Å²) in [5, 5.41) is 9.63. The second kappa shape index (κ2) is 8.79. The van der Waals surface area contributed by atoms with Gasteiger partial charge in [0.25, 0.3) is 0 Å². The number of carbonyl (C=O) groups is 1. The highest BCUT2D eigenvalue weighted by Crippen LogP contribution is 2.35. The smallest absolute Gasteiger partial charge is 0.340 e. The molecule has 0 aliphatic carbocycles. The highest BCUT2D eigenvalue weighted by Gasteiger charge is 2.24. The molecule has 33 heavy (non-hydrogen) atoms. The number of fused-ring (bicyclic) bond motifs is 1. The van der Waals surface area contributed by atoms with Crippen molar-refractivity contribution in [2.24, 2.45) is 0 Å². The van der Waals surface area contributed by atoms with Crippen molar-refractivity contribution in [3.63, 3.8) is 0 Å². The van der Waals surface area contributed by atoms with Crippen LogP contribution in [-0.4, -0.2) is 32.9 Å². The second-order valence-corrected chi connectivity index (χ2v) is 8.07. The molecule has 0 spiro atoms. The lowest BCUT2D eigenvalue weighted by atomic mass is 9.94. The summed E-state index contributed by atoms with van der Waals surface area (Å²) >= 11 is 1.33. The van der Waals surface area contributed by atoms with Gasteiger partial charge in [-0.25, -0.2) is 9.47 Å². The minimum Gasteiger partial charge on any atom is -0.465 e. The Labute approximate surface area is 193 Å². The van der Waals surface area contributed by atoms with E-state index in [4.69, 9.17) is 20.0 Å². The van der Waals surface area contributed by atoms with Crippen LogP contribution in [0.4, 0.5) is 0 Å². The third-order valence-corrected chi connectivity index (χ3v) is 6.12. The molecule has 0 saturated heterocycles. The number of nitrogen functional groups attached to an aromatic ring is 1. The normalized spacial score (nSPS) is 11.1. The highest BCUT2D eigenvalue weighted by atomic mass is 32.2. The number of esters is 1. The van der Waals surface area contributed by atoms with Gasteiger partial charge in [-0.15, -0.1) is 10.2 Å². The number of pyridine rings is 1. The first-order valence-corrected chi connectivity index (χ1v) is 11.1. The number of benzene rings is 2. The molecule has 5 aromatic rings. The topological polar surface area (TPSA) is 109 Å². The number of aromatic nitrogens is 4. The fraction of sp³-hybridized carbons (Fsp3) is 0.0833. The largest absolute Gasteiger partial charge is 0.465 e. The molecular weight excluding hydrogens is 438 g/mol. The lowest BCUT2D eigenvalue weighted by Gasteiger charge is -2.16. The number of nitrogens with zero attached hydrogens (tertiary/aromatic N) is 4. The molecule has 9 heteroatoms. The van der Waals surface area contributed by atoms with Crippen LogP contribution in [0.25, 0.3) is 33.6 Å². The van der Waals surface area contributed by atoms with Gasteiger partial charge in [-0.05, 0) is 23.8 Å². The van der Waals surface area contributed by atoms with Crippen molar-refractivity contribution >= 4 is 28.6 Å². The summed E-state index contributed by atoms with van der Waals surface area (Å²) in [5.41, 5.74) is 3.47. The average Bonchev–Trinajstić information content (AvgIpc) is 3.51. The molecule has 5 rings (SSSR count). The van der Waals surface area contributed by atoms with Crippen molar-refractivity contribution < 1.29 is 13.9 Å². The van der Waals surface area contributed by atoms with Crippen LogP contribution in [0.5, 0.6) is 0 Å². The second-order valence-electron chi connectivity index (χ2n) is 7.13. The summed E-state index contributed by atoms with van der Waals surface area (Å²) in [7, 11) is 1.37. The number of thioether (sulfide) groups is 1. The van der Waals surface area contributed by atoms with E-state index in [1.165, 1.54) is 23.5 Å². The van der Waals surface area contributed by atoms with E-state index in [1.54, 1.807) is 18.4 Å². The van der Waals surface area contributed by atoms with Gasteiger partial charge in [0.05, 0.1) is 30.1 Å². The SMILES string of the molecule is COC(=O)c1c(CSc2nnc(-c3ccco3)n2N)nc2ccccc2c1-c1ccccc1. The number of methoxy groups -OCH3 is 1. The zero-order valence-corrected chi connectivity index (χ0v) is 18.5. The van der Waals surface area contributed by atoms with Crippen LogP contribution in [0.2, 0.25) is 0 Å². The molecule has 8 nitrogen and oxygen atoms in total. The van der Waals surface area contributed by atoms with Gasteiger partial charge in [0, 0.05) is 16.7 Å². The van der Waals surface area contributed by atoms with Gasteiger partial charge in [0.1, 0.15) is 0 Å². The minimum absolute atomic E-state index is 0.336. The zero-order chi connectivity index (χ0) is 22.8. The zero-order valence-electron chi connectivity index (χ0n) is 17.6. The molecule has 3 aromatic heterocycles. The predicted molar refractivity (Wildman–Crippen MR) is 126 cm³/mol. The van der Waals surface area contributed by atoms with E-state index in [9.17, 15) is 4.79 Å². The van der Waals surface area contributed by atoms with Crippen LogP contribution < -0.4 is 5.84 Å². The number of hydrogen-bond donors (Lipinski definition) is 1. The molecule has 0 fully saturated rings. The van der Waals surface area contributed by atoms with Crippen LogP contribution in [0.3, 0.4) is 0 Å². The monoisotopic (exact) mass is 457 g/mol. The number of furan rings is 1. The van der Waals surface area contributed by atoms with Crippen LogP contribution in [0.15, 0.2) is 82.6 Å². The first kappa shape index (κ1) is 20.8. The number of carbonyl (C=O) groups excluding carboxylic acids is 1. The molecule has 0 atom stereocenters. The summed E-state index contributed by atoms with van der Waals surface area (Å²) in [5.74, 6) is 7.00. The third kappa shape index (κ3) is 3.83. The molecule has 0 unspecified atom stereocenters. The van der Waals surface area contributed by atoms with Gasteiger partial charge in [0.2, 0.25) is 11.0 Å². The molecule has 2 aromatic carbocycles. The lowest BCUT2D eigenvalue weighted by molar-refractivity contribution is 0.0600. The van der Waals surface area contributed by atoms with Crippen molar-refractivity contribution in [1.82, 2.24) is 19.9 Å². The number of para-hydroxylation sites is 1. The Morgan fingerprint density at radius 1 is 1.06 bits per heavy atom. The molecule has 3 heterocycles. The van der Waals surface area contributed by atoms with Gasteiger partial charge in [-0.2, -0.15) is 0 Å². The maximum absolute atomic E-state index is 13.0. The first-order chi connectivity index (χ1) is 16.2. The Morgan fingerprint density at radius 3 is 2.61 bits per heavy atom. The Hall–Kier alpha value is -4.11. The van der Waals surface area contributed by atoms with Crippen molar-refractivity contribution in [2.45, 2.75) is 10.9 Å². The van der Waals surface area contributed by atoms with Crippen molar-refractivity contribution in [3.8, 4) is 22.7 Å². The van der Waals surface area contributed by atoms with Crippen LogP contribution in [0.1, 0.15) is 16.1 Å². The van der Waals surface area contributed by atoms with Gasteiger partial charge in [-0.3, -0.25) is 4.98 Å². The van der Waals surface area contributed by atoms with E-state index in [-0.39, 0.29) is 0 Å². The quantitative estimate of drug-likeness (QED) is 0.225. The fourth-order valence-corrected chi connectivity index (χ4v) is 4.47. The van der Waals surface area contributed by atoms with Crippen LogP contribution in [0, 0.1) is 0 Å². The maximum Gasteiger partial charge on any atom is 0.340 e. The van der Waals surface area contributed by atoms with Gasteiger partial charge >= 0.3 is 5.97 Å². The number of nitrogens with two attached hydrogens (primary N) is 1. The van der Waals surface area contributed by atoms with Crippen molar-refractivity contribution in [2.75, 3.05) is 13.0 Å². The van der Waals surface area contributed by atoms with E-state index in [2.05, 4.69) is 10.2 Å². The van der Waals surface area contributed by atoms with Gasteiger partial charge in [0.15, 0.2) is 5.76 Å². The lowest BCUT2D eigenvalue weighted by Crippen LogP contribution is -2.13. The standard InChI is InChI=1S/C24H19N5O3S/c1-31-23(30)21-18(14-33-24-28-27-22(29(24)25)19-12-7-13-32-19)26-17-11-6-5-10-16(17)20(21)15-8-3-2-4-9-15/h2-13H,14,25H2,1H3.